The molecule has 2 aliphatic heterocycles. The summed E-state index contributed by atoms with van der Waals surface area (Å²) in [5.74, 6) is 0.329. The van der Waals surface area contributed by atoms with E-state index in [0.29, 0.717) is 53.9 Å². The third kappa shape index (κ3) is 3.26. The molecule has 0 N–H and O–H groups in total. The van der Waals surface area contributed by atoms with Gasteiger partial charge in [0.15, 0.2) is 15.5 Å². The largest absolute Gasteiger partial charge is 0.378 e. The summed E-state index contributed by atoms with van der Waals surface area (Å²) in [5, 5.41) is 4.80. The van der Waals surface area contributed by atoms with Crippen LogP contribution in [0.3, 0.4) is 0 Å². The number of carbonyl (C=O) groups is 1. The van der Waals surface area contributed by atoms with Crippen molar-refractivity contribution < 1.29 is 17.9 Å². The average molecular weight is 430 g/mol. The van der Waals surface area contributed by atoms with Gasteiger partial charge in [0.05, 0.1) is 35.6 Å². The number of rotatable bonds is 2. The molecule has 2 aromatic rings. The van der Waals surface area contributed by atoms with Crippen LogP contribution in [-0.4, -0.2) is 55.3 Å². The first-order chi connectivity index (χ1) is 14.5. The van der Waals surface area contributed by atoms with Gasteiger partial charge in [-0.3, -0.25) is 9.48 Å². The highest BCUT2D eigenvalue weighted by atomic mass is 32.2. The summed E-state index contributed by atoms with van der Waals surface area (Å²) < 4.78 is 33.4. The molecule has 0 atom stereocenters. The van der Waals surface area contributed by atoms with E-state index < -0.39 is 9.84 Å². The van der Waals surface area contributed by atoms with E-state index in [4.69, 9.17) is 9.84 Å². The van der Waals surface area contributed by atoms with E-state index >= 15 is 0 Å². The zero-order chi connectivity index (χ0) is 20.9. The van der Waals surface area contributed by atoms with Gasteiger partial charge in [-0.05, 0) is 37.7 Å². The van der Waals surface area contributed by atoms with Gasteiger partial charge in [0.25, 0.3) is 5.91 Å². The molecule has 0 spiro atoms. The van der Waals surface area contributed by atoms with Crippen molar-refractivity contribution >= 4 is 15.7 Å². The fourth-order valence-electron chi connectivity index (χ4n) is 4.93. The Hall–Kier alpha value is -2.19. The van der Waals surface area contributed by atoms with Crippen LogP contribution in [0.2, 0.25) is 0 Å². The Balaban J connectivity index is 1.66. The summed E-state index contributed by atoms with van der Waals surface area (Å²) in [6.45, 7) is 4.27. The smallest absolute Gasteiger partial charge is 0.274 e. The lowest BCUT2D eigenvalue weighted by molar-refractivity contribution is 0.0297. The minimum atomic E-state index is -3.52. The molecule has 8 heteroatoms. The molecule has 1 aliphatic carbocycles. The molecule has 0 radical (unpaired) electrons. The number of benzene rings is 1. The van der Waals surface area contributed by atoms with Crippen LogP contribution in [-0.2, 0) is 20.3 Å². The van der Waals surface area contributed by atoms with E-state index in [0.717, 1.165) is 31.4 Å². The van der Waals surface area contributed by atoms with E-state index in [2.05, 4.69) is 6.92 Å². The summed E-state index contributed by atoms with van der Waals surface area (Å²) in [5.41, 5.74) is 2.34. The predicted molar refractivity (Wildman–Crippen MR) is 112 cm³/mol. The summed E-state index contributed by atoms with van der Waals surface area (Å²) in [6.07, 6.45) is 4.22. The molecule has 0 bridgehead atoms. The first kappa shape index (κ1) is 19.8. The summed E-state index contributed by atoms with van der Waals surface area (Å²) in [4.78, 5) is 15.4. The number of morpholine rings is 1. The highest BCUT2D eigenvalue weighted by Gasteiger charge is 2.38. The maximum Gasteiger partial charge on any atom is 0.274 e. The van der Waals surface area contributed by atoms with E-state index in [9.17, 15) is 13.2 Å². The lowest BCUT2D eigenvalue weighted by Crippen LogP contribution is -2.41. The van der Waals surface area contributed by atoms with Gasteiger partial charge < -0.3 is 9.64 Å². The Morgan fingerprint density at radius 3 is 2.53 bits per heavy atom. The number of fused-ring (bicyclic) bond motifs is 3. The molecule has 1 aromatic carbocycles. The van der Waals surface area contributed by atoms with E-state index in [1.165, 1.54) is 0 Å². The van der Waals surface area contributed by atoms with Crippen molar-refractivity contribution in [2.45, 2.75) is 49.3 Å². The van der Waals surface area contributed by atoms with Crippen molar-refractivity contribution in [2.24, 2.45) is 5.92 Å². The van der Waals surface area contributed by atoms with Crippen LogP contribution in [0.15, 0.2) is 29.2 Å². The highest BCUT2D eigenvalue weighted by Crippen LogP contribution is 2.43. The number of carbonyl (C=O) groups excluding carboxylic acids is 1. The maximum absolute atomic E-state index is 13.3. The highest BCUT2D eigenvalue weighted by molar-refractivity contribution is 7.90. The fraction of sp³-hybridized carbons (Fsp3) is 0.545. The third-order valence-corrected chi connectivity index (χ3v) is 8.35. The second-order valence-electron chi connectivity index (χ2n) is 8.69. The SMILES string of the molecule is CC1CCC(n2nc(C(=O)N3CCOCC3)c3c2-c2ccccc2S(=O)(=O)C3)CC1. The quantitative estimate of drug-likeness (QED) is 0.733. The van der Waals surface area contributed by atoms with Gasteiger partial charge in [-0.1, -0.05) is 25.1 Å². The molecule has 3 aliphatic rings. The Labute approximate surface area is 176 Å². The monoisotopic (exact) mass is 429 g/mol. The molecule has 3 heterocycles. The third-order valence-electron chi connectivity index (χ3n) is 6.65. The zero-order valence-electron chi connectivity index (χ0n) is 17.2. The number of amides is 1. The average Bonchev–Trinajstić information content (AvgIpc) is 3.13. The summed E-state index contributed by atoms with van der Waals surface area (Å²) >= 11 is 0. The van der Waals surface area contributed by atoms with Crippen molar-refractivity contribution in [3.05, 3.63) is 35.5 Å². The number of sulfone groups is 1. The normalized spacial score (nSPS) is 25.4. The molecule has 1 saturated heterocycles. The second kappa shape index (κ2) is 7.50. The first-order valence-electron chi connectivity index (χ1n) is 10.8. The Morgan fingerprint density at radius 1 is 1.10 bits per heavy atom. The predicted octanol–water partition coefficient (Wildman–Crippen LogP) is 3.06. The van der Waals surface area contributed by atoms with Crippen molar-refractivity contribution in [2.75, 3.05) is 26.3 Å². The van der Waals surface area contributed by atoms with Crippen molar-refractivity contribution in [1.29, 1.82) is 0 Å². The molecule has 1 aromatic heterocycles. The molecule has 1 amide bonds. The maximum atomic E-state index is 13.3. The minimum Gasteiger partial charge on any atom is -0.378 e. The summed E-state index contributed by atoms with van der Waals surface area (Å²) in [6, 6.07) is 7.31. The van der Waals surface area contributed by atoms with Crippen molar-refractivity contribution in [1.82, 2.24) is 14.7 Å². The van der Waals surface area contributed by atoms with E-state index in [1.54, 1.807) is 17.0 Å². The lowest BCUT2D eigenvalue weighted by Gasteiger charge is -2.29. The molecule has 7 nitrogen and oxygen atoms in total. The minimum absolute atomic E-state index is 0.173. The van der Waals surface area contributed by atoms with Crippen LogP contribution in [0.5, 0.6) is 0 Å². The number of hydrogen-bond donors (Lipinski definition) is 0. The zero-order valence-corrected chi connectivity index (χ0v) is 18.0. The Morgan fingerprint density at radius 2 is 1.80 bits per heavy atom. The molecule has 1 saturated carbocycles. The fourth-order valence-corrected chi connectivity index (χ4v) is 6.53. The van der Waals surface area contributed by atoms with Gasteiger partial charge in [0.1, 0.15) is 0 Å². The van der Waals surface area contributed by atoms with Gasteiger partial charge in [0.2, 0.25) is 0 Å². The molecule has 5 rings (SSSR count). The van der Waals surface area contributed by atoms with Crippen LogP contribution in [0.25, 0.3) is 11.3 Å². The van der Waals surface area contributed by atoms with Gasteiger partial charge in [0, 0.05) is 24.2 Å². The van der Waals surface area contributed by atoms with Gasteiger partial charge in [-0.2, -0.15) is 5.10 Å². The van der Waals surface area contributed by atoms with Crippen LogP contribution < -0.4 is 0 Å². The van der Waals surface area contributed by atoms with Crippen molar-refractivity contribution in [3.63, 3.8) is 0 Å². The number of nitrogens with zero attached hydrogens (tertiary/aromatic N) is 3. The van der Waals surface area contributed by atoms with Gasteiger partial charge in [-0.15, -0.1) is 0 Å². The van der Waals surface area contributed by atoms with Gasteiger partial charge >= 0.3 is 0 Å². The summed E-state index contributed by atoms with van der Waals surface area (Å²) in [7, 11) is -3.52. The molecular weight excluding hydrogens is 402 g/mol. The lowest BCUT2D eigenvalue weighted by atomic mass is 9.87. The van der Waals surface area contributed by atoms with E-state index in [1.807, 2.05) is 16.8 Å². The van der Waals surface area contributed by atoms with Crippen LogP contribution in [0.1, 0.15) is 54.7 Å². The van der Waals surface area contributed by atoms with E-state index in [-0.39, 0.29) is 17.7 Å². The Kier molecular flexibility index (Phi) is 4.94. The van der Waals surface area contributed by atoms with Crippen LogP contribution in [0, 0.1) is 5.92 Å². The van der Waals surface area contributed by atoms with Crippen LogP contribution in [0.4, 0.5) is 0 Å². The topological polar surface area (TPSA) is 81.5 Å². The number of ether oxygens (including phenoxy) is 1. The van der Waals surface area contributed by atoms with Crippen molar-refractivity contribution in [3.8, 4) is 11.3 Å². The van der Waals surface area contributed by atoms with Crippen LogP contribution >= 0.6 is 0 Å². The molecule has 2 fully saturated rings. The van der Waals surface area contributed by atoms with Gasteiger partial charge in [-0.25, -0.2) is 8.42 Å². The molecule has 30 heavy (non-hydrogen) atoms. The standard InChI is InChI=1S/C22H27N3O4S/c1-15-6-8-16(9-7-15)25-21-17-4-2-3-5-19(17)30(27,28)14-18(21)20(23-25)22(26)24-10-12-29-13-11-24/h2-5,15-16H,6-14H2,1H3. The molecular formula is C22H27N3O4S. The second-order valence-corrected chi connectivity index (χ2v) is 10.7. The number of aromatic nitrogens is 2. The number of hydrogen-bond acceptors (Lipinski definition) is 5. The Bertz CT molecular complexity index is 1080. The molecule has 160 valence electrons. The first-order valence-corrected chi connectivity index (χ1v) is 12.4. The molecule has 0 unspecified atom stereocenters.